The number of carbonyl (C=O) groups is 1. The van der Waals surface area contributed by atoms with Crippen molar-refractivity contribution >= 4 is 23.2 Å². The van der Waals surface area contributed by atoms with Crippen molar-refractivity contribution in [2.45, 2.75) is 37.1 Å². The largest absolute Gasteiger partial charge is 0.345 e. The molecule has 2 fully saturated rings. The number of halogens is 1. The van der Waals surface area contributed by atoms with Crippen LogP contribution >= 0.6 is 11.3 Å². The van der Waals surface area contributed by atoms with E-state index in [1.807, 2.05) is 37.3 Å². The molecule has 166 valence electrons. The minimum absolute atomic E-state index is 0.0424. The Kier molecular flexibility index (Phi) is 5.06. The Morgan fingerprint density at radius 1 is 1.15 bits per heavy atom. The maximum Gasteiger partial charge on any atom is 0.239 e. The topological polar surface area (TPSA) is 80.0 Å². The summed E-state index contributed by atoms with van der Waals surface area (Å²) >= 11 is 1.44. The highest BCUT2D eigenvalue weighted by atomic mass is 32.1. The Bertz CT molecular complexity index is 1300. The molecule has 1 aromatic heterocycles. The Balaban J connectivity index is 1.57. The lowest BCUT2D eigenvalue weighted by atomic mass is 9.76. The van der Waals surface area contributed by atoms with Crippen molar-refractivity contribution in [2.75, 3.05) is 7.05 Å². The molecule has 0 spiro atoms. The number of thiophene rings is 1. The molecule has 7 heteroatoms. The van der Waals surface area contributed by atoms with Gasteiger partial charge in [0.05, 0.1) is 23.1 Å². The summed E-state index contributed by atoms with van der Waals surface area (Å²) in [5, 5.41) is 20.8. The Morgan fingerprint density at radius 3 is 2.52 bits per heavy atom. The van der Waals surface area contributed by atoms with Gasteiger partial charge in [-0.05, 0) is 72.7 Å². The molecular formula is C26H23FN4OS. The molecular weight excluding hydrogens is 435 g/mol. The van der Waals surface area contributed by atoms with Gasteiger partial charge in [0.25, 0.3) is 0 Å². The average molecular weight is 459 g/mol. The van der Waals surface area contributed by atoms with E-state index in [4.69, 9.17) is 5.41 Å². The number of guanidine groups is 1. The molecule has 1 saturated heterocycles. The molecule has 33 heavy (non-hydrogen) atoms. The maximum atomic E-state index is 14.0. The van der Waals surface area contributed by atoms with Gasteiger partial charge in [0.15, 0.2) is 5.96 Å². The predicted molar refractivity (Wildman–Crippen MR) is 127 cm³/mol. The molecule has 0 radical (unpaired) electrons. The molecule has 1 aliphatic heterocycles. The van der Waals surface area contributed by atoms with Crippen molar-refractivity contribution in [3.63, 3.8) is 0 Å². The standard InChI is InChI=1S/C26H23FN4OS/c1-26(22-10-9-21(33-22)19-11-15(14-28)12-20(27)13-19)23(24(32)31(2)25(29)30-26)18-7-5-17(6-8-18)16-3-4-16/h5-13,16,23H,3-4H2,1-2H3,(H2,29,30)/t23-,26-/m1/s1. The van der Waals surface area contributed by atoms with Crippen LogP contribution in [0.2, 0.25) is 0 Å². The SMILES string of the molecule is CN1C(=N)N[C@](C)(c2ccc(-c3cc(F)cc(C#N)c3)s2)[C@H](c2ccc(C3CC3)cc2)C1=O. The van der Waals surface area contributed by atoms with Gasteiger partial charge < -0.3 is 5.32 Å². The first-order valence-corrected chi connectivity index (χ1v) is 11.7. The Labute approximate surface area is 196 Å². The molecule has 5 nitrogen and oxygen atoms in total. The molecule has 2 aliphatic rings. The van der Waals surface area contributed by atoms with Crippen molar-refractivity contribution in [3.05, 3.63) is 82.0 Å². The number of carbonyl (C=O) groups excluding carboxylic acids is 1. The molecule has 2 N–H and O–H groups in total. The van der Waals surface area contributed by atoms with Gasteiger partial charge in [-0.2, -0.15) is 5.26 Å². The fraction of sp³-hybridized carbons (Fsp3) is 0.269. The summed E-state index contributed by atoms with van der Waals surface area (Å²) < 4.78 is 14.0. The summed E-state index contributed by atoms with van der Waals surface area (Å²) in [6, 6.07) is 18.3. The lowest BCUT2D eigenvalue weighted by molar-refractivity contribution is -0.131. The smallest absolute Gasteiger partial charge is 0.239 e. The van der Waals surface area contributed by atoms with Gasteiger partial charge in [0.2, 0.25) is 5.91 Å². The van der Waals surface area contributed by atoms with Crippen molar-refractivity contribution in [3.8, 4) is 16.5 Å². The van der Waals surface area contributed by atoms with E-state index in [9.17, 15) is 14.4 Å². The number of benzene rings is 2. The predicted octanol–water partition coefficient (Wildman–Crippen LogP) is 5.30. The van der Waals surface area contributed by atoms with Gasteiger partial charge in [-0.3, -0.25) is 15.1 Å². The monoisotopic (exact) mass is 458 g/mol. The third-order valence-electron chi connectivity index (χ3n) is 6.62. The summed E-state index contributed by atoms with van der Waals surface area (Å²) in [4.78, 5) is 16.4. The zero-order valence-electron chi connectivity index (χ0n) is 18.4. The second kappa shape index (κ2) is 7.82. The Hall–Kier alpha value is -3.50. The fourth-order valence-electron chi connectivity index (χ4n) is 4.58. The van der Waals surface area contributed by atoms with E-state index in [0.29, 0.717) is 11.5 Å². The molecule has 0 bridgehead atoms. The van der Waals surface area contributed by atoms with Crippen molar-refractivity contribution in [1.82, 2.24) is 10.2 Å². The van der Waals surface area contributed by atoms with Crippen molar-refractivity contribution < 1.29 is 9.18 Å². The van der Waals surface area contributed by atoms with Crippen molar-refractivity contribution in [2.24, 2.45) is 0 Å². The van der Waals surface area contributed by atoms with Gasteiger partial charge in [-0.15, -0.1) is 11.3 Å². The summed E-state index contributed by atoms with van der Waals surface area (Å²) in [7, 11) is 1.61. The van der Waals surface area contributed by atoms with Crippen LogP contribution in [0, 0.1) is 22.6 Å². The van der Waals surface area contributed by atoms with E-state index in [1.54, 1.807) is 13.1 Å². The van der Waals surface area contributed by atoms with Crippen LogP contribution in [0.5, 0.6) is 0 Å². The molecule has 1 saturated carbocycles. The second-order valence-corrected chi connectivity index (χ2v) is 10.0. The van der Waals surface area contributed by atoms with Crippen LogP contribution in [0.1, 0.15) is 53.2 Å². The van der Waals surface area contributed by atoms with Gasteiger partial charge in [-0.25, -0.2) is 4.39 Å². The van der Waals surface area contributed by atoms with Crippen LogP contribution in [0.4, 0.5) is 4.39 Å². The highest BCUT2D eigenvalue weighted by molar-refractivity contribution is 7.15. The molecule has 5 rings (SSSR count). The minimum atomic E-state index is -0.851. The number of hydrogen-bond acceptors (Lipinski definition) is 4. The van der Waals surface area contributed by atoms with Gasteiger partial charge >= 0.3 is 0 Å². The number of hydrogen-bond donors (Lipinski definition) is 2. The van der Waals surface area contributed by atoms with E-state index in [1.165, 1.54) is 46.8 Å². The zero-order chi connectivity index (χ0) is 23.3. The molecule has 2 atom stereocenters. The highest BCUT2D eigenvalue weighted by Crippen LogP contribution is 2.46. The normalized spacial score (nSPS) is 22.7. The number of nitrogens with one attached hydrogen (secondary N) is 2. The second-order valence-electron chi connectivity index (χ2n) is 8.95. The van der Waals surface area contributed by atoms with Crippen LogP contribution < -0.4 is 5.32 Å². The summed E-state index contributed by atoms with van der Waals surface area (Å²) in [5.41, 5.74) is 2.22. The summed E-state index contributed by atoms with van der Waals surface area (Å²) in [6.45, 7) is 1.94. The lowest BCUT2D eigenvalue weighted by Crippen LogP contribution is -2.62. The molecule has 1 amide bonds. The fourth-order valence-corrected chi connectivity index (χ4v) is 5.70. The molecule has 2 heterocycles. The van der Waals surface area contributed by atoms with Gasteiger partial charge in [0, 0.05) is 16.8 Å². The van der Waals surface area contributed by atoms with E-state index in [-0.39, 0.29) is 17.4 Å². The molecule has 1 aliphatic carbocycles. The highest BCUT2D eigenvalue weighted by Gasteiger charge is 2.49. The number of likely N-dealkylation sites (N-methyl/N-ethyl adjacent to an activating group) is 1. The van der Waals surface area contributed by atoms with Gasteiger partial charge in [-0.1, -0.05) is 24.3 Å². The van der Waals surface area contributed by atoms with Crippen LogP contribution in [-0.4, -0.2) is 23.8 Å². The van der Waals surface area contributed by atoms with E-state index in [2.05, 4.69) is 17.4 Å². The molecule has 0 unspecified atom stereocenters. The van der Waals surface area contributed by atoms with Crippen LogP contribution in [0.25, 0.3) is 10.4 Å². The quantitative estimate of drug-likeness (QED) is 0.557. The summed E-state index contributed by atoms with van der Waals surface area (Å²) in [6.07, 6.45) is 2.43. The van der Waals surface area contributed by atoms with Crippen molar-refractivity contribution in [1.29, 1.82) is 10.7 Å². The lowest BCUT2D eigenvalue weighted by Gasteiger charge is -2.45. The molecule has 2 aromatic carbocycles. The third-order valence-corrected chi connectivity index (χ3v) is 7.99. The van der Waals surface area contributed by atoms with E-state index in [0.717, 1.165) is 15.3 Å². The number of nitriles is 1. The van der Waals surface area contributed by atoms with Crippen LogP contribution in [0.3, 0.4) is 0 Å². The van der Waals surface area contributed by atoms with E-state index < -0.39 is 17.3 Å². The first-order valence-electron chi connectivity index (χ1n) is 10.9. The number of amides is 1. The number of rotatable bonds is 4. The first-order chi connectivity index (χ1) is 15.8. The molecule has 3 aromatic rings. The number of nitrogens with zero attached hydrogens (tertiary/aromatic N) is 2. The Morgan fingerprint density at radius 2 is 1.85 bits per heavy atom. The van der Waals surface area contributed by atoms with E-state index >= 15 is 0 Å². The van der Waals surface area contributed by atoms with Crippen LogP contribution in [0.15, 0.2) is 54.6 Å². The third kappa shape index (κ3) is 3.70. The minimum Gasteiger partial charge on any atom is -0.345 e. The van der Waals surface area contributed by atoms with Crippen LogP contribution in [-0.2, 0) is 10.3 Å². The zero-order valence-corrected chi connectivity index (χ0v) is 19.2. The maximum absolute atomic E-state index is 14.0. The van der Waals surface area contributed by atoms with Gasteiger partial charge in [0.1, 0.15) is 5.82 Å². The first kappa shape index (κ1) is 21.4. The average Bonchev–Trinajstić information content (AvgIpc) is 3.52. The summed E-state index contributed by atoms with van der Waals surface area (Å²) in [5.74, 6) is -0.466.